The normalized spacial score (nSPS) is 18.9. The van der Waals surface area contributed by atoms with Crippen LogP contribution in [0, 0.1) is 11.8 Å². The van der Waals surface area contributed by atoms with E-state index in [1.807, 2.05) is 37.3 Å². The van der Waals surface area contributed by atoms with E-state index in [0.29, 0.717) is 6.42 Å². The monoisotopic (exact) mass is 275 g/mol. The first kappa shape index (κ1) is 14.6. The maximum atomic E-state index is 12.2. The molecule has 2 rings (SSSR count). The molecular formula is C16H21NO3. The predicted molar refractivity (Wildman–Crippen MR) is 76.2 cm³/mol. The molecule has 0 unspecified atom stereocenters. The van der Waals surface area contributed by atoms with E-state index in [1.165, 1.54) is 0 Å². The third-order valence-electron chi connectivity index (χ3n) is 4.05. The van der Waals surface area contributed by atoms with Crippen LogP contribution in [0.25, 0.3) is 0 Å². The van der Waals surface area contributed by atoms with E-state index in [0.717, 1.165) is 18.4 Å². The number of carbonyl (C=O) groups is 2. The summed E-state index contributed by atoms with van der Waals surface area (Å²) in [6.45, 7) is 3.44. The Hall–Kier alpha value is -1.84. The summed E-state index contributed by atoms with van der Waals surface area (Å²) < 4.78 is 0. The summed E-state index contributed by atoms with van der Waals surface area (Å²) >= 11 is 0. The van der Waals surface area contributed by atoms with Crippen LogP contribution >= 0.6 is 0 Å². The third kappa shape index (κ3) is 3.18. The molecule has 0 aromatic heterocycles. The van der Waals surface area contributed by atoms with Gasteiger partial charge in [-0.25, -0.2) is 4.79 Å². The average molecular weight is 275 g/mol. The fourth-order valence-electron chi connectivity index (χ4n) is 2.43. The fraction of sp³-hybridized carbons (Fsp3) is 0.500. The molecular weight excluding hydrogens is 254 g/mol. The number of rotatable bonds is 6. The number of carbonyl (C=O) groups excluding carboxylic acids is 1. The van der Waals surface area contributed by atoms with E-state index in [4.69, 9.17) is 0 Å². The van der Waals surface area contributed by atoms with Crippen LogP contribution in [0.5, 0.6) is 0 Å². The fourth-order valence-corrected chi connectivity index (χ4v) is 2.43. The van der Waals surface area contributed by atoms with Gasteiger partial charge < -0.3 is 10.4 Å². The van der Waals surface area contributed by atoms with Gasteiger partial charge in [0.25, 0.3) is 0 Å². The van der Waals surface area contributed by atoms with Gasteiger partial charge in [0.2, 0.25) is 5.91 Å². The van der Waals surface area contributed by atoms with Gasteiger partial charge in [0.1, 0.15) is 5.54 Å². The van der Waals surface area contributed by atoms with E-state index in [1.54, 1.807) is 6.92 Å². The molecule has 20 heavy (non-hydrogen) atoms. The van der Waals surface area contributed by atoms with Gasteiger partial charge in [0, 0.05) is 5.92 Å². The molecule has 0 spiro atoms. The number of benzene rings is 1. The zero-order valence-corrected chi connectivity index (χ0v) is 11.9. The van der Waals surface area contributed by atoms with Gasteiger partial charge in [-0.3, -0.25) is 4.79 Å². The van der Waals surface area contributed by atoms with Gasteiger partial charge in [-0.2, -0.15) is 0 Å². The third-order valence-corrected chi connectivity index (χ3v) is 4.05. The summed E-state index contributed by atoms with van der Waals surface area (Å²) in [6.07, 6.45) is 2.36. The maximum Gasteiger partial charge on any atom is 0.329 e. The van der Waals surface area contributed by atoms with Crippen molar-refractivity contribution in [3.63, 3.8) is 0 Å². The summed E-state index contributed by atoms with van der Waals surface area (Å²) in [6, 6.07) is 9.75. The van der Waals surface area contributed by atoms with Gasteiger partial charge in [0.15, 0.2) is 0 Å². The second-order valence-corrected chi connectivity index (χ2v) is 5.86. The van der Waals surface area contributed by atoms with Crippen LogP contribution < -0.4 is 5.32 Å². The first-order valence-corrected chi connectivity index (χ1v) is 7.03. The van der Waals surface area contributed by atoms with Gasteiger partial charge in [0.05, 0.1) is 0 Å². The van der Waals surface area contributed by atoms with Crippen molar-refractivity contribution >= 4 is 11.9 Å². The van der Waals surface area contributed by atoms with Gasteiger partial charge in [-0.1, -0.05) is 37.3 Å². The van der Waals surface area contributed by atoms with Crippen molar-refractivity contribution in [3.8, 4) is 0 Å². The van der Waals surface area contributed by atoms with Crippen LogP contribution in [-0.4, -0.2) is 22.5 Å². The molecule has 0 heterocycles. The highest BCUT2D eigenvalue weighted by Crippen LogP contribution is 2.39. The molecule has 1 aliphatic rings. The molecule has 1 aromatic carbocycles. The summed E-state index contributed by atoms with van der Waals surface area (Å²) in [5, 5.41) is 12.1. The molecule has 2 N–H and O–H groups in total. The Balaban J connectivity index is 1.98. The lowest BCUT2D eigenvalue weighted by molar-refractivity contribution is -0.148. The van der Waals surface area contributed by atoms with Gasteiger partial charge in [-0.15, -0.1) is 0 Å². The van der Waals surface area contributed by atoms with Gasteiger partial charge >= 0.3 is 5.97 Å². The quantitative estimate of drug-likeness (QED) is 0.836. The number of hydrogen-bond donors (Lipinski definition) is 2. The van der Waals surface area contributed by atoms with Crippen molar-refractivity contribution in [1.29, 1.82) is 0 Å². The molecule has 0 aliphatic heterocycles. The van der Waals surface area contributed by atoms with Crippen molar-refractivity contribution in [2.45, 2.75) is 38.6 Å². The Bertz CT molecular complexity index is 496. The Labute approximate surface area is 119 Å². The van der Waals surface area contributed by atoms with Crippen LogP contribution in [0.3, 0.4) is 0 Å². The highest BCUT2D eigenvalue weighted by Gasteiger charge is 2.48. The zero-order valence-electron chi connectivity index (χ0n) is 11.9. The number of nitrogens with one attached hydrogen (secondary N) is 1. The molecule has 1 aromatic rings. The maximum absolute atomic E-state index is 12.2. The lowest BCUT2D eigenvalue weighted by Gasteiger charge is -2.27. The summed E-state index contributed by atoms with van der Waals surface area (Å²) in [5.74, 6) is -1.31. The van der Waals surface area contributed by atoms with E-state index >= 15 is 0 Å². The molecule has 1 amide bonds. The summed E-state index contributed by atoms with van der Waals surface area (Å²) in [4.78, 5) is 23.6. The first-order valence-electron chi connectivity index (χ1n) is 7.03. The summed E-state index contributed by atoms with van der Waals surface area (Å²) in [5.41, 5.74) is -0.0409. The molecule has 0 bridgehead atoms. The van der Waals surface area contributed by atoms with Crippen molar-refractivity contribution < 1.29 is 14.7 Å². The molecule has 4 nitrogen and oxygen atoms in total. The Morgan fingerprint density at radius 1 is 1.35 bits per heavy atom. The van der Waals surface area contributed by atoms with E-state index in [2.05, 4.69) is 5.32 Å². The number of carboxylic acids is 1. The molecule has 2 atom stereocenters. The largest absolute Gasteiger partial charge is 0.480 e. The van der Waals surface area contributed by atoms with Crippen LogP contribution in [0.1, 0.15) is 32.3 Å². The van der Waals surface area contributed by atoms with Crippen molar-refractivity contribution in [3.05, 3.63) is 35.9 Å². The summed E-state index contributed by atoms with van der Waals surface area (Å²) in [7, 11) is 0. The average Bonchev–Trinajstić information content (AvgIpc) is 3.24. The SMILES string of the molecule is C[C@H](Cc1ccccc1)C(=O)N[C@@](C)(C(=O)O)C1CC1. The van der Waals surface area contributed by atoms with Gasteiger partial charge in [-0.05, 0) is 37.7 Å². The molecule has 1 saturated carbocycles. The number of carboxylic acid groups (broad SMARTS) is 1. The first-order chi connectivity index (χ1) is 9.43. The van der Waals surface area contributed by atoms with E-state index < -0.39 is 11.5 Å². The molecule has 1 aliphatic carbocycles. The number of aliphatic carboxylic acids is 1. The van der Waals surface area contributed by atoms with E-state index in [9.17, 15) is 14.7 Å². The minimum absolute atomic E-state index is 0.0628. The highest BCUT2D eigenvalue weighted by atomic mass is 16.4. The van der Waals surface area contributed by atoms with Crippen LogP contribution in [0.15, 0.2) is 30.3 Å². The smallest absolute Gasteiger partial charge is 0.329 e. The topological polar surface area (TPSA) is 66.4 Å². The Morgan fingerprint density at radius 2 is 1.95 bits per heavy atom. The molecule has 4 heteroatoms. The Morgan fingerprint density at radius 3 is 2.45 bits per heavy atom. The number of hydrogen-bond acceptors (Lipinski definition) is 2. The van der Waals surface area contributed by atoms with Crippen LogP contribution in [-0.2, 0) is 16.0 Å². The second kappa shape index (κ2) is 5.65. The van der Waals surface area contributed by atoms with Crippen molar-refractivity contribution in [1.82, 2.24) is 5.32 Å². The van der Waals surface area contributed by atoms with Crippen molar-refractivity contribution in [2.75, 3.05) is 0 Å². The van der Waals surface area contributed by atoms with E-state index in [-0.39, 0.29) is 17.7 Å². The second-order valence-electron chi connectivity index (χ2n) is 5.86. The number of amides is 1. The molecule has 0 saturated heterocycles. The van der Waals surface area contributed by atoms with Crippen molar-refractivity contribution in [2.24, 2.45) is 11.8 Å². The van der Waals surface area contributed by atoms with Crippen LogP contribution in [0.4, 0.5) is 0 Å². The minimum Gasteiger partial charge on any atom is -0.480 e. The van der Waals surface area contributed by atoms with Crippen LogP contribution in [0.2, 0.25) is 0 Å². The molecule has 108 valence electrons. The minimum atomic E-state index is -1.12. The lowest BCUT2D eigenvalue weighted by Crippen LogP contribution is -2.55. The highest BCUT2D eigenvalue weighted by molar-refractivity contribution is 5.88. The lowest BCUT2D eigenvalue weighted by atomic mass is 9.93. The standard InChI is InChI=1S/C16H21NO3/c1-11(10-12-6-4-3-5-7-12)14(18)17-16(2,15(19)20)13-8-9-13/h3-7,11,13H,8-10H2,1-2H3,(H,17,18)(H,19,20)/t11-,16-/m1/s1. The molecule has 1 fully saturated rings. The predicted octanol–water partition coefficient (Wildman–Crippen LogP) is 2.23. The molecule has 0 radical (unpaired) electrons. The zero-order chi connectivity index (χ0) is 14.8. The Kier molecular flexibility index (Phi) is 4.12.